The minimum absolute atomic E-state index is 0.0508. The fourth-order valence-corrected chi connectivity index (χ4v) is 4.55. The van der Waals surface area contributed by atoms with Crippen molar-refractivity contribution in [3.05, 3.63) is 53.6 Å². The van der Waals surface area contributed by atoms with Gasteiger partial charge in [0.2, 0.25) is 15.9 Å². The number of ether oxygens (including phenoxy) is 1. The zero-order valence-electron chi connectivity index (χ0n) is 18.0. The third-order valence-corrected chi connectivity index (χ3v) is 6.73. The number of amides is 2. The van der Waals surface area contributed by atoms with Crippen molar-refractivity contribution in [2.24, 2.45) is 5.73 Å². The highest BCUT2D eigenvalue weighted by atomic mass is 32.2. The van der Waals surface area contributed by atoms with E-state index < -0.39 is 21.8 Å². The zero-order chi connectivity index (χ0) is 23.1. The second-order valence-electron chi connectivity index (χ2n) is 7.51. The molecule has 2 aromatic carbocycles. The molecule has 2 aromatic rings. The maximum atomic E-state index is 12.9. The number of hydrogen-bond donors (Lipinski definition) is 3. The predicted molar refractivity (Wildman–Crippen MR) is 122 cm³/mol. The number of carbonyl (C=O) groups excluding carboxylic acids is 2. The lowest BCUT2D eigenvalue weighted by Crippen LogP contribution is -2.30. The van der Waals surface area contributed by atoms with E-state index in [2.05, 4.69) is 14.9 Å². The number of nitrogens with zero attached hydrogens (tertiary/aromatic N) is 1. The van der Waals surface area contributed by atoms with Crippen molar-refractivity contribution >= 4 is 33.2 Å². The highest BCUT2D eigenvalue weighted by Crippen LogP contribution is 2.30. The number of nitrogens with one attached hydrogen (secondary N) is 2. The molecule has 4 N–H and O–H groups in total. The highest BCUT2D eigenvalue weighted by molar-refractivity contribution is 7.89. The molecule has 1 aliphatic rings. The molecule has 0 radical (unpaired) electrons. The van der Waals surface area contributed by atoms with Crippen LogP contribution in [0.25, 0.3) is 0 Å². The number of anilines is 2. The van der Waals surface area contributed by atoms with Gasteiger partial charge in [-0.25, -0.2) is 13.1 Å². The van der Waals surface area contributed by atoms with E-state index >= 15 is 0 Å². The van der Waals surface area contributed by atoms with Gasteiger partial charge < -0.3 is 20.7 Å². The van der Waals surface area contributed by atoms with Crippen molar-refractivity contribution in [3.63, 3.8) is 0 Å². The summed E-state index contributed by atoms with van der Waals surface area (Å²) < 4.78 is 31.8. The molecule has 0 spiro atoms. The molecule has 0 bridgehead atoms. The molecule has 0 aliphatic carbocycles. The van der Waals surface area contributed by atoms with Crippen LogP contribution in [-0.2, 0) is 14.8 Å². The summed E-state index contributed by atoms with van der Waals surface area (Å²) >= 11 is 0. The third-order valence-electron chi connectivity index (χ3n) is 5.25. The van der Waals surface area contributed by atoms with Crippen LogP contribution in [0.4, 0.5) is 11.4 Å². The summed E-state index contributed by atoms with van der Waals surface area (Å²) in [5.74, 6) is -0.998. The van der Waals surface area contributed by atoms with Gasteiger partial charge in [0.25, 0.3) is 5.91 Å². The summed E-state index contributed by atoms with van der Waals surface area (Å²) in [7, 11) is -2.21. The average molecular weight is 461 g/mol. The Morgan fingerprint density at radius 1 is 1.03 bits per heavy atom. The first-order valence-corrected chi connectivity index (χ1v) is 11.9. The smallest absolute Gasteiger partial charge is 0.255 e. The standard InChI is InChI=1S/C22H28N4O5S/c1-31-14-11-24-32(29,30)18-8-5-16(6-9-18)22(28)25-19-15-17(21(23)27)7-10-20(19)26-12-3-2-4-13-26/h5-10,15,24H,2-4,11-14H2,1H3,(H2,23,27)(H,25,28). The topological polar surface area (TPSA) is 131 Å². The summed E-state index contributed by atoms with van der Waals surface area (Å²) in [5.41, 5.74) is 7.32. The number of piperidine rings is 1. The molecule has 0 atom stereocenters. The van der Waals surface area contributed by atoms with Crippen LogP contribution in [-0.4, -0.2) is 53.6 Å². The van der Waals surface area contributed by atoms with Crippen molar-refractivity contribution in [3.8, 4) is 0 Å². The Hall–Kier alpha value is -2.95. The fraction of sp³-hybridized carbons (Fsp3) is 0.364. The van der Waals surface area contributed by atoms with Crippen LogP contribution in [0.3, 0.4) is 0 Å². The van der Waals surface area contributed by atoms with Gasteiger partial charge in [0.1, 0.15) is 0 Å². The second-order valence-corrected chi connectivity index (χ2v) is 9.28. The van der Waals surface area contributed by atoms with Gasteiger partial charge in [-0.1, -0.05) is 0 Å². The number of hydrogen-bond acceptors (Lipinski definition) is 6. The predicted octanol–water partition coefficient (Wildman–Crippen LogP) is 1.95. The van der Waals surface area contributed by atoms with Crippen molar-refractivity contribution in [2.45, 2.75) is 24.2 Å². The van der Waals surface area contributed by atoms with Crippen LogP contribution in [0, 0.1) is 0 Å². The Kier molecular flexibility index (Phi) is 7.84. The van der Waals surface area contributed by atoms with E-state index in [1.54, 1.807) is 18.2 Å². The van der Waals surface area contributed by atoms with Gasteiger partial charge in [0, 0.05) is 37.9 Å². The van der Waals surface area contributed by atoms with Crippen LogP contribution < -0.4 is 20.7 Å². The number of carbonyl (C=O) groups is 2. The fourth-order valence-electron chi connectivity index (χ4n) is 3.54. The molecule has 9 nitrogen and oxygen atoms in total. The molecular formula is C22H28N4O5S. The molecule has 1 aliphatic heterocycles. The van der Waals surface area contributed by atoms with E-state index in [1.807, 2.05) is 0 Å². The molecule has 32 heavy (non-hydrogen) atoms. The summed E-state index contributed by atoms with van der Waals surface area (Å²) in [6.45, 7) is 2.13. The first-order valence-electron chi connectivity index (χ1n) is 10.4. The normalized spacial score (nSPS) is 14.2. The third kappa shape index (κ3) is 5.84. The Morgan fingerprint density at radius 2 is 1.69 bits per heavy atom. The highest BCUT2D eigenvalue weighted by Gasteiger charge is 2.19. The maximum absolute atomic E-state index is 12.9. The van der Waals surface area contributed by atoms with Gasteiger partial charge in [-0.3, -0.25) is 9.59 Å². The number of rotatable bonds is 9. The molecule has 2 amide bonds. The number of primary amides is 1. The average Bonchev–Trinajstić information content (AvgIpc) is 2.79. The van der Waals surface area contributed by atoms with Gasteiger partial charge in [-0.15, -0.1) is 0 Å². The van der Waals surface area contributed by atoms with Crippen LogP contribution in [0.15, 0.2) is 47.4 Å². The van der Waals surface area contributed by atoms with Crippen LogP contribution in [0.2, 0.25) is 0 Å². The van der Waals surface area contributed by atoms with E-state index in [0.717, 1.165) is 38.0 Å². The Balaban J connectivity index is 1.80. The number of nitrogens with two attached hydrogens (primary N) is 1. The maximum Gasteiger partial charge on any atom is 0.255 e. The SMILES string of the molecule is COCCNS(=O)(=O)c1ccc(C(=O)Nc2cc(C(N)=O)ccc2N2CCCCC2)cc1. The summed E-state index contributed by atoms with van der Waals surface area (Å²) in [6.07, 6.45) is 3.27. The van der Waals surface area contributed by atoms with Crippen molar-refractivity contribution < 1.29 is 22.7 Å². The van der Waals surface area contributed by atoms with E-state index in [9.17, 15) is 18.0 Å². The lowest BCUT2D eigenvalue weighted by Gasteiger charge is -2.30. The quantitative estimate of drug-likeness (QED) is 0.490. The lowest BCUT2D eigenvalue weighted by atomic mass is 10.1. The molecule has 3 rings (SSSR count). The summed E-state index contributed by atoms with van der Waals surface area (Å²) in [6, 6.07) is 10.6. The Bertz CT molecular complexity index is 1060. The van der Waals surface area contributed by atoms with Crippen LogP contribution >= 0.6 is 0 Å². The van der Waals surface area contributed by atoms with Crippen molar-refractivity contribution in [1.29, 1.82) is 0 Å². The van der Waals surface area contributed by atoms with E-state index in [4.69, 9.17) is 10.5 Å². The Morgan fingerprint density at radius 3 is 2.31 bits per heavy atom. The summed E-state index contributed by atoms with van der Waals surface area (Å²) in [4.78, 5) is 26.7. The molecule has 0 aromatic heterocycles. The lowest BCUT2D eigenvalue weighted by molar-refractivity contribution is 0.0996. The first kappa shape index (κ1) is 23.7. The first-order chi connectivity index (χ1) is 15.3. The number of sulfonamides is 1. The van der Waals surface area contributed by atoms with E-state index in [0.29, 0.717) is 11.3 Å². The van der Waals surface area contributed by atoms with Gasteiger partial charge in [-0.2, -0.15) is 0 Å². The molecule has 1 heterocycles. The Labute approximate surface area is 188 Å². The van der Waals surface area contributed by atoms with Gasteiger partial charge in [0.05, 0.1) is 22.9 Å². The minimum Gasteiger partial charge on any atom is -0.383 e. The van der Waals surface area contributed by atoms with Gasteiger partial charge in [0.15, 0.2) is 0 Å². The molecule has 172 valence electrons. The zero-order valence-corrected chi connectivity index (χ0v) is 18.8. The molecule has 0 unspecified atom stereocenters. The van der Waals surface area contributed by atoms with E-state index in [1.165, 1.54) is 31.4 Å². The minimum atomic E-state index is -3.69. The largest absolute Gasteiger partial charge is 0.383 e. The molecule has 1 fully saturated rings. The molecule has 10 heteroatoms. The van der Waals surface area contributed by atoms with Gasteiger partial charge in [-0.05, 0) is 61.7 Å². The van der Waals surface area contributed by atoms with Crippen LogP contribution in [0.1, 0.15) is 40.0 Å². The molecule has 1 saturated heterocycles. The molecule has 0 saturated carbocycles. The monoisotopic (exact) mass is 460 g/mol. The van der Waals surface area contributed by atoms with Crippen LogP contribution in [0.5, 0.6) is 0 Å². The number of methoxy groups -OCH3 is 1. The molecular weight excluding hydrogens is 432 g/mol. The summed E-state index contributed by atoms with van der Waals surface area (Å²) in [5, 5.41) is 2.85. The second kappa shape index (κ2) is 10.6. The van der Waals surface area contributed by atoms with Crippen molar-refractivity contribution in [2.75, 3.05) is 43.6 Å². The number of benzene rings is 2. The van der Waals surface area contributed by atoms with Crippen molar-refractivity contribution in [1.82, 2.24) is 4.72 Å². The van der Waals surface area contributed by atoms with E-state index in [-0.39, 0.29) is 23.6 Å². The van der Waals surface area contributed by atoms with Gasteiger partial charge >= 0.3 is 0 Å².